The molecule has 2 heteroatoms. The van der Waals surface area contributed by atoms with Gasteiger partial charge in [0.1, 0.15) is 0 Å². The van der Waals surface area contributed by atoms with Gasteiger partial charge in [-0.1, -0.05) is 27.7 Å². The van der Waals surface area contributed by atoms with E-state index in [9.17, 15) is 0 Å². The van der Waals surface area contributed by atoms with E-state index in [0.717, 1.165) is 6.54 Å². The molecule has 0 aliphatic carbocycles. The average Bonchev–Trinajstić information content (AvgIpc) is 1.83. The largest absolute Gasteiger partial charge is 0.327 e. The lowest BCUT2D eigenvalue weighted by atomic mass is 9.82. The SMILES string of the molecule is CCN(C)C(C(C)N)C(C)(C)C. The summed E-state index contributed by atoms with van der Waals surface area (Å²) in [5, 5.41) is 0. The molecule has 0 radical (unpaired) electrons. The third-order valence-corrected chi connectivity index (χ3v) is 2.36. The fourth-order valence-corrected chi connectivity index (χ4v) is 2.05. The van der Waals surface area contributed by atoms with Crippen molar-refractivity contribution >= 4 is 0 Å². The van der Waals surface area contributed by atoms with E-state index in [1.54, 1.807) is 0 Å². The molecule has 0 aromatic carbocycles. The van der Waals surface area contributed by atoms with Crippen molar-refractivity contribution < 1.29 is 0 Å². The first-order chi connectivity index (χ1) is 5.30. The molecule has 2 atom stereocenters. The molecule has 0 saturated carbocycles. The van der Waals surface area contributed by atoms with Crippen LogP contribution >= 0.6 is 0 Å². The van der Waals surface area contributed by atoms with Crippen LogP contribution in [0.2, 0.25) is 0 Å². The van der Waals surface area contributed by atoms with E-state index in [4.69, 9.17) is 5.73 Å². The van der Waals surface area contributed by atoms with Gasteiger partial charge in [-0.25, -0.2) is 0 Å². The predicted octanol–water partition coefficient (Wildman–Crippen LogP) is 1.70. The fourth-order valence-electron chi connectivity index (χ4n) is 2.05. The highest BCUT2D eigenvalue weighted by Gasteiger charge is 2.30. The van der Waals surface area contributed by atoms with Gasteiger partial charge in [0.05, 0.1) is 0 Å². The van der Waals surface area contributed by atoms with Crippen molar-refractivity contribution in [3.05, 3.63) is 0 Å². The third-order valence-electron chi connectivity index (χ3n) is 2.36. The molecule has 0 fully saturated rings. The molecule has 0 rings (SSSR count). The van der Waals surface area contributed by atoms with Crippen molar-refractivity contribution in [3.63, 3.8) is 0 Å². The van der Waals surface area contributed by atoms with Crippen LogP contribution in [0, 0.1) is 5.41 Å². The van der Waals surface area contributed by atoms with Crippen molar-refractivity contribution in [3.8, 4) is 0 Å². The van der Waals surface area contributed by atoms with E-state index in [-0.39, 0.29) is 11.5 Å². The summed E-state index contributed by atoms with van der Waals surface area (Å²) in [5.41, 5.74) is 6.22. The number of nitrogens with zero attached hydrogens (tertiary/aromatic N) is 1. The summed E-state index contributed by atoms with van der Waals surface area (Å²) in [6.07, 6.45) is 0. The predicted molar refractivity (Wildman–Crippen MR) is 55.2 cm³/mol. The van der Waals surface area contributed by atoms with Crippen molar-refractivity contribution in [2.24, 2.45) is 11.1 Å². The zero-order chi connectivity index (χ0) is 9.94. The number of rotatable bonds is 3. The van der Waals surface area contributed by atoms with Crippen LogP contribution in [0.4, 0.5) is 0 Å². The summed E-state index contributed by atoms with van der Waals surface area (Å²) in [6.45, 7) is 12.0. The fraction of sp³-hybridized carbons (Fsp3) is 1.00. The van der Waals surface area contributed by atoms with Crippen molar-refractivity contribution in [1.29, 1.82) is 0 Å². The third kappa shape index (κ3) is 3.11. The molecular weight excluding hydrogens is 148 g/mol. The molecule has 0 aromatic rings. The van der Waals surface area contributed by atoms with E-state index in [1.165, 1.54) is 0 Å². The Morgan fingerprint density at radius 2 is 1.75 bits per heavy atom. The molecule has 0 aromatic heterocycles. The summed E-state index contributed by atoms with van der Waals surface area (Å²) in [5.74, 6) is 0. The smallest absolute Gasteiger partial charge is 0.0289 e. The Morgan fingerprint density at radius 3 is 1.83 bits per heavy atom. The zero-order valence-electron chi connectivity index (χ0n) is 9.39. The van der Waals surface area contributed by atoms with Gasteiger partial charge in [-0.2, -0.15) is 0 Å². The topological polar surface area (TPSA) is 29.3 Å². The molecule has 2 unspecified atom stereocenters. The molecule has 0 bridgehead atoms. The maximum absolute atomic E-state index is 5.96. The average molecular weight is 172 g/mol. The summed E-state index contributed by atoms with van der Waals surface area (Å²) in [6, 6.07) is 0.692. The van der Waals surface area contributed by atoms with Gasteiger partial charge < -0.3 is 10.6 Å². The van der Waals surface area contributed by atoms with Crippen molar-refractivity contribution in [2.45, 2.75) is 46.7 Å². The van der Waals surface area contributed by atoms with Gasteiger partial charge in [0.25, 0.3) is 0 Å². The van der Waals surface area contributed by atoms with Gasteiger partial charge in [-0.3, -0.25) is 0 Å². The monoisotopic (exact) mass is 172 g/mol. The van der Waals surface area contributed by atoms with E-state index < -0.39 is 0 Å². The van der Waals surface area contributed by atoms with Crippen LogP contribution in [0.25, 0.3) is 0 Å². The second-order valence-electron chi connectivity index (χ2n) is 4.74. The lowest BCUT2D eigenvalue weighted by Crippen LogP contribution is -2.51. The van der Waals surface area contributed by atoms with Gasteiger partial charge in [0.15, 0.2) is 0 Å². The summed E-state index contributed by atoms with van der Waals surface area (Å²) >= 11 is 0. The van der Waals surface area contributed by atoms with Gasteiger partial charge in [0, 0.05) is 12.1 Å². The second-order valence-corrected chi connectivity index (χ2v) is 4.74. The Labute approximate surface area is 77.1 Å². The minimum absolute atomic E-state index is 0.231. The lowest BCUT2D eigenvalue weighted by molar-refractivity contribution is 0.112. The summed E-state index contributed by atoms with van der Waals surface area (Å²) in [7, 11) is 2.14. The van der Waals surface area contributed by atoms with Gasteiger partial charge in [0.2, 0.25) is 0 Å². The van der Waals surface area contributed by atoms with Crippen LogP contribution in [0.15, 0.2) is 0 Å². The quantitative estimate of drug-likeness (QED) is 0.702. The van der Waals surface area contributed by atoms with Crippen LogP contribution in [0.1, 0.15) is 34.6 Å². The first-order valence-corrected chi connectivity index (χ1v) is 4.76. The maximum atomic E-state index is 5.96. The van der Waals surface area contributed by atoms with Crippen molar-refractivity contribution in [2.75, 3.05) is 13.6 Å². The number of hydrogen-bond donors (Lipinski definition) is 1. The molecule has 0 heterocycles. The minimum atomic E-state index is 0.231. The van der Waals surface area contributed by atoms with E-state index in [1.807, 2.05) is 0 Å². The van der Waals surface area contributed by atoms with Crippen LogP contribution in [0.5, 0.6) is 0 Å². The number of hydrogen-bond acceptors (Lipinski definition) is 2. The molecule has 0 spiro atoms. The van der Waals surface area contributed by atoms with Crippen LogP contribution < -0.4 is 5.73 Å². The zero-order valence-corrected chi connectivity index (χ0v) is 9.39. The number of likely N-dealkylation sites (N-methyl/N-ethyl adjacent to an activating group) is 1. The molecule has 0 amide bonds. The maximum Gasteiger partial charge on any atom is 0.0289 e. The molecule has 2 nitrogen and oxygen atoms in total. The molecule has 0 saturated heterocycles. The Balaban J connectivity index is 4.44. The molecule has 0 aliphatic heterocycles. The lowest BCUT2D eigenvalue weighted by Gasteiger charge is -2.40. The normalized spacial score (nSPS) is 18.0. The summed E-state index contributed by atoms with van der Waals surface area (Å²) < 4.78 is 0. The minimum Gasteiger partial charge on any atom is -0.327 e. The highest BCUT2D eigenvalue weighted by atomic mass is 15.1. The van der Waals surface area contributed by atoms with E-state index in [0.29, 0.717) is 6.04 Å². The standard InChI is InChI=1S/C10H24N2/c1-7-12(6)9(8(2)11)10(3,4)5/h8-9H,7,11H2,1-6H3. The molecule has 2 N–H and O–H groups in total. The van der Waals surface area contributed by atoms with Gasteiger partial charge >= 0.3 is 0 Å². The molecule has 0 aliphatic rings. The first-order valence-electron chi connectivity index (χ1n) is 4.76. The Bertz CT molecular complexity index is 124. The second kappa shape index (κ2) is 4.24. The number of nitrogens with two attached hydrogens (primary N) is 1. The van der Waals surface area contributed by atoms with Crippen LogP contribution in [0.3, 0.4) is 0 Å². The van der Waals surface area contributed by atoms with Gasteiger partial charge in [-0.05, 0) is 25.9 Å². The Morgan fingerprint density at radius 1 is 1.33 bits per heavy atom. The van der Waals surface area contributed by atoms with E-state index in [2.05, 4.69) is 46.6 Å². The highest BCUT2D eigenvalue weighted by molar-refractivity contribution is 4.87. The Kier molecular flexibility index (Phi) is 4.21. The van der Waals surface area contributed by atoms with Crippen LogP contribution in [-0.4, -0.2) is 30.6 Å². The molecule has 74 valence electrons. The van der Waals surface area contributed by atoms with Gasteiger partial charge in [-0.15, -0.1) is 0 Å². The van der Waals surface area contributed by atoms with Crippen molar-refractivity contribution in [1.82, 2.24) is 4.90 Å². The van der Waals surface area contributed by atoms with Crippen LogP contribution in [-0.2, 0) is 0 Å². The first kappa shape index (κ1) is 11.9. The van der Waals surface area contributed by atoms with E-state index >= 15 is 0 Å². The highest BCUT2D eigenvalue weighted by Crippen LogP contribution is 2.25. The molecular formula is C10H24N2. The Hall–Kier alpha value is -0.0800. The molecule has 12 heavy (non-hydrogen) atoms. The summed E-state index contributed by atoms with van der Waals surface area (Å²) in [4.78, 5) is 2.32.